The van der Waals surface area contributed by atoms with Crippen molar-refractivity contribution in [3.8, 4) is 0 Å². The first-order valence-corrected chi connectivity index (χ1v) is 8.74. The maximum atomic E-state index is 11.9. The Bertz CT molecular complexity index is 555. The van der Waals surface area contributed by atoms with Crippen LogP contribution in [0.25, 0.3) is 0 Å². The zero-order valence-corrected chi connectivity index (χ0v) is 13.6. The van der Waals surface area contributed by atoms with Gasteiger partial charge in [0.2, 0.25) is 5.91 Å². The number of amides is 3. The van der Waals surface area contributed by atoms with E-state index in [0.717, 1.165) is 30.7 Å². The number of carbonyl (C=O) groups is 2. The number of likely N-dealkylation sites (tertiary alicyclic amines) is 1. The van der Waals surface area contributed by atoms with Crippen LogP contribution in [0.15, 0.2) is 6.20 Å². The van der Waals surface area contributed by atoms with Gasteiger partial charge >= 0.3 is 6.03 Å². The van der Waals surface area contributed by atoms with E-state index in [1.54, 1.807) is 11.3 Å². The van der Waals surface area contributed by atoms with Gasteiger partial charge in [-0.25, -0.2) is 9.78 Å². The van der Waals surface area contributed by atoms with Gasteiger partial charge in [0.25, 0.3) is 0 Å². The Hall–Kier alpha value is -1.63. The lowest BCUT2D eigenvalue weighted by atomic mass is 10.2. The summed E-state index contributed by atoms with van der Waals surface area (Å²) in [6, 6.07) is 0.183. The highest BCUT2D eigenvalue weighted by Crippen LogP contribution is 2.30. The lowest BCUT2D eigenvalue weighted by Crippen LogP contribution is -2.44. The molecule has 1 aliphatic carbocycles. The standard InChI is InChI=1S/C15H22N4O2S/c1-2-12-8-17-13(22-12)5-6-16-15(21)18-10-7-14(20)19(9-10)11-3-4-11/h8,10-11H,2-7,9H2,1H3,(H2,16,18,21)/t10-/m0/s1. The highest BCUT2D eigenvalue weighted by molar-refractivity contribution is 7.11. The van der Waals surface area contributed by atoms with Crippen LogP contribution < -0.4 is 10.6 Å². The molecule has 0 spiro atoms. The summed E-state index contributed by atoms with van der Waals surface area (Å²) in [6.45, 7) is 3.33. The van der Waals surface area contributed by atoms with E-state index in [4.69, 9.17) is 0 Å². The van der Waals surface area contributed by atoms with Crippen molar-refractivity contribution in [1.82, 2.24) is 20.5 Å². The highest BCUT2D eigenvalue weighted by atomic mass is 32.1. The second-order valence-corrected chi connectivity index (χ2v) is 7.10. The van der Waals surface area contributed by atoms with Crippen LogP contribution in [0.5, 0.6) is 0 Å². The molecule has 0 radical (unpaired) electrons. The minimum absolute atomic E-state index is 0.0559. The molecule has 0 bridgehead atoms. The van der Waals surface area contributed by atoms with Crippen molar-refractivity contribution in [2.45, 2.75) is 51.1 Å². The van der Waals surface area contributed by atoms with Gasteiger partial charge in [-0.05, 0) is 19.3 Å². The van der Waals surface area contributed by atoms with Crippen molar-refractivity contribution in [1.29, 1.82) is 0 Å². The molecule has 120 valence electrons. The van der Waals surface area contributed by atoms with Gasteiger partial charge in [0.15, 0.2) is 0 Å². The summed E-state index contributed by atoms with van der Waals surface area (Å²) in [5.41, 5.74) is 0. The summed E-state index contributed by atoms with van der Waals surface area (Å²) in [5, 5.41) is 6.79. The van der Waals surface area contributed by atoms with Gasteiger partial charge in [-0.2, -0.15) is 0 Å². The maximum Gasteiger partial charge on any atom is 0.315 e. The van der Waals surface area contributed by atoms with Crippen molar-refractivity contribution in [2.24, 2.45) is 0 Å². The molecule has 3 amide bonds. The SMILES string of the molecule is CCc1cnc(CCNC(=O)N[C@H]2CC(=O)N(C3CC3)C2)s1. The number of hydrogen-bond donors (Lipinski definition) is 2. The number of thiazole rings is 1. The largest absolute Gasteiger partial charge is 0.338 e. The number of hydrogen-bond acceptors (Lipinski definition) is 4. The predicted molar refractivity (Wildman–Crippen MR) is 84.9 cm³/mol. The molecule has 2 N–H and O–H groups in total. The summed E-state index contributed by atoms with van der Waals surface area (Å²) < 4.78 is 0. The van der Waals surface area contributed by atoms with Crippen LogP contribution in [-0.4, -0.2) is 47.0 Å². The lowest BCUT2D eigenvalue weighted by Gasteiger charge is -2.16. The van der Waals surface area contributed by atoms with E-state index in [1.807, 2.05) is 11.1 Å². The second-order valence-electron chi connectivity index (χ2n) is 5.90. The zero-order valence-electron chi connectivity index (χ0n) is 12.8. The molecule has 2 heterocycles. The minimum Gasteiger partial charge on any atom is -0.338 e. The van der Waals surface area contributed by atoms with E-state index >= 15 is 0 Å². The maximum absolute atomic E-state index is 11.9. The summed E-state index contributed by atoms with van der Waals surface area (Å²) in [4.78, 5) is 31.2. The first kappa shape index (κ1) is 15.3. The Labute approximate surface area is 134 Å². The molecular formula is C15H22N4O2S. The number of aryl methyl sites for hydroxylation is 1. The number of urea groups is 1. The third-order valence-electron chi connectivity index (χ3n) is 4.06. The van der Waals surface area contributed by atoms with E-state index in [-0.39, 0.29) is 18.0 Å². The number of carbonyl (C=O) groups excluding carboxylic acids is 2. The van der Waals surface area contributed by atoms with E-state index < -0.39 is 0 Å². The highest BCUT2D eigenvalue weighted by Gasteiger charge is 2.39. The monoisotopic (exact) mass is 322 g/mol. The van der Waals surface area contributed by atoms with Crippen LogP contribution in [0.1, 0.15) is 36.1 Å². The summed E-state index contributed by atoms with van der Waals surface area (Å²) in [7, 11) is 0. The summed E-state index contributed by atoms with van der Waals surface area (Å²) in [5.74, 6) is 0.169. The Kier molecular flexibility index (Phi) is 4.61. The molecule has 1 saturated heterocycles. The second kappa shape index (κ2) is 6.64. The van der Waals surface area contributed by atoms with Crippen LogP contribution in [-0.2, 0) is 17.6 Å². The van der Waals surface area contributed by atoms with Gasteiger partial charge in [0.1, 0.15) is 0 Å². The van der Waals surface area contributed by atoms with Crippen LogP contribution in [0.2, 0.25) is 0 Å². The molecule has 0 unspecified atom stereocenters. The van der Waals surface area contributed by atoms with Crippen molar-refractivity contribution < 1.29 is 9.59 Å². The summed E-state index contributed by atoms with van der Waals surface area (Å²) >= 11 is 1.69. The molecule has 1 atom stereocenters. The van der Waals surface area contributed by atoms with Crippen LogP contribution >= 0.6 is 11.3 Å². The molecule has 7 heteroatoms. The van der Waals surface area contributed by atoms with Crippen molar-refractivity contribution in [3.05, 3.63) is 16.1 Å². The van der Waals surface area contributed by atoms with Crippen molar-refractivity contribution >= 4 is 23.3 Å². The fourth-order valence-electron chi connectivity index (χ4n) is 2.71. The number of rotatable bonds is 6. The smallest absolute Gasteiger partial charge is 0.315 e. The molecule has 1 saturated carbocycles. The molecule has 6 nitrogen and oxygen atoms in total. The molecule has 1 aliphatic heterocycles. The zero-order chi connectivity index (χ0) is 15.5. The molecule has 1 aromatic rings. The van der Waals surface area contributed by atoms with E-state index in [0.29, 0.717) is 25.6 Å². The number of aromatic nitrogens is 1. The average Bonchev–Trinajstić information content (AvgIpc) is 3.12. The van der Waals surface area contributed by atoms with E-state index in [2.05, 4.69) is 22.5 Å². The summed E-state index contributed by atoms with van der Waals surface area (Å²) in [6.07, 6.45) is 6.29. The lowest BCUT2D eigenvalue weighted by molar-refractivity contribution is -0.128. The molecule has 22 heavy (non-hydrogen) atoms. The van der Waals surface area contributed by atoms with Gasteiger partial charge in [-0.1, -0.05) is 6.92 Å². The first-order chi connectivity index (χ1) is 10.7. The quantitative estimate of drug-likeness (QED) is 0.829. The van der Waals surface area contributed by atoms with E-state index in [9.17, 15) is 9.59 Å². The topological polar surface area (TPSA) is 74.3 Å². The van der Waals surface area contributed by atoms with Gasteiger partial charge in [0.05, 0.1) is 11.0 Å². The Morgan fingerprint density at radius 2 is 2.32 bits per heavy atom. The molecule has 2 aliphatic rings. The Balaban J connectivity index is 1.36. The minimum atomic E-state index is -0.192. The van der Waals surface area contributed by atoms with E-state index in [1.165, 1.54) is 4.88 Å². The molecule has 1 aromatic heterocycles. The normalized spacial score (nSPS) is 21.2. The average molecular weight is 322 g/mol. The van der Waals surface area contributed by atoms with Gasteiger partial charge in [-0.3, -0.25) is 4.79 Å². The fraction of sp³-hybridized carbons (Fsp3) is 0.667. The third kappa shape index (κ3) is 3.76. The number of nitrogens with zero attached hydrogens (tertiary/aromatic N) is 2. The van der Waals surface area contributed by atoms with Crippen LogP contribution in [0.4, 0.5) is 4.79 Å². The van der Waals surface area contributed by atoms with Gasteiger partial charge < -0.3 is 15.5 Å². The first-order valence-electron chi connectivity index (χ1n) is 7.93. The van der Waals surface area contributed by atoms with Crippen LogP contribution in [0.3, 0.4) is 0 Å². The molecule has 0 aromatic carbocycles. The fourth-order valence-corrected chi connectivity index (χ4v) is 3.58. The third-order valence-corrected chi connectivity index (χ3v) is 5.26. The predicted octanol–water partition coefficient (Wildman–Crippen LogP) is 1.31. The Morgan fingerprint density at radius 1 is 1.50 bits per heavy atom. The van der Waals surface area contributed by atoms with Crippen molar-refractivity contribution in [3.63, 3.8) is 0 Å². The van der Waals surface area contributed by atoms with Gasteiger partial charge in [-0.15, -0.1) is 11.3 Å². The molecule has 2 fully saturated rings. The number of nitrogens with one attached hydrogen (secondary N) is 2. The van der Waals surface area contributed by atoms with Crippen molar-refractivity contribution in [2.75, 3.05) is 13.1 Å². The van der Waals surface area contributed by atoms with Crippen LogP contribution in [0, 0.1) is 0 Å². The molecular weight excluding hydrogens is 300 g/mol. The Morgan fingerprint density at radius 3 is 3.00 bits per heavy atom. The van der Waals surface area contributed by atoms with Gasteiger partial charge in [0, 0.05) is 43.0 Å². The molecule has 3 rings (SSSR count).